The van der Waals surface area contributed by atoms with Crippen molar-refractivity contribution in [3.05, 3.63) is 17.5 Å². The highest BCUT2D eigenvalue weighted by molar-refractivity contribution is 7.09. The first kappa shape index (κ1) is 16.2. The van der Waals surface area contributed by atoms with Gasteiger partial charge in [0, 0.05) is 25.1 Å². The number of aromatic nitrogens is 3. The molecule has 1 unspecified atom stereocenters. The molecule has 24 heavy (non-hydrogen) atoms. The van der Waals surface area contributed by atoms with Gasteiger partial charge in [-0.25, -0.2) is 0 Å². The third kappa shape index (κ3) is 3.54. The van der Waals surface area contributed by atoms with E-state index < -0.39 is 0 Å². The molecule has 3 heterocycles. The summed E-state index contributed by atoms with van der Waals surface area (Å²) in [6.07, 6.45) is 9.57. The molecular weight excluding hydrogens is 320 g/mol. The molecule has 2 aromatic heterocycles. The predicted octanol–water partition coefficient (Wildman–Crippen LogP) is 4.26. The molecule has 1 saturated carbocycles. The van der Waals surface area contributed by atoms with Crippen molar-refractivity contribution in [3.8, 4) is 10.6 Å². The van der Waals surface area contributed by atoms with Crippen LogP contribution in [0.15, 0.2) is 10.6 Å². The van der Waals surface area contributed by atoms with Crippen molar-refractivity contribution in [2.75, 3.05) is 19.6 Å². The summed E-state index contributed by atoms with van der Waals surface area (Å²) in [4.78, 5) is 3.74. The minimum atomic E-state index is 0.474. The zero-order chi connectivity index (χ0) is 16.4. The fourth-order valence-electron chi connectivity index (χ4n) is 4.29. The SMILES string of the molecule is Cc1cc(-c2snnc2C2CCCN(CC3CCCCC3)C2)on1. The first-order valence-corrected chi connectivity index (χ1v) is 10.0. The standard InChI is InChI=1S/C18H26N4OS/c1-13-10-16(23-20-13)18-17(19-21-24-18)15-8-5-9-22(12-15)11-14-6-3-2-4-7-14/h10,14-15H,2-9,11-12H2,1H3. The number of hydrogen-bond donors (Lipinski definition) is 0. The number of likely N-dealkylation sites (tertiary alicyclic amines) is 1. The van der Waals surface area contributed by atoms with Crippen LogP contribution in [0.3, 0.4) is 0 Å². The van der Waals surface area contributed by atoms with Crippen LogP contribution in [0.1, 0.15) is 62.3 Å². The van der Waals surface area contributed by atoms with Crippen LogP contribution < -0.4 is 0 Å². The number of nitrogens with zero attached hydrogens (tertiary/aromatic N) is 4. The van der Waals surface area contributed by atoms with E-state index in [2.05, 4.69) is 19.6 Å². The minimum absolute atomic E-state index is 0.474. The maximum atomic E-state index is 5.46. The third-order valence-electron chi connectivity index (χ3n) is 5.50. The highest BCUT2D eigenvalue weighted by Gasteiger charge is 2.29. The van der Waals surface area contributed by atoms with Gasteiger partial charge in [0.2, 0.25) is 0 Å². The summed E-state index contributed by atoms with van der Waals surface area (Å²) in [5.41, 5.74) is 2.02. The molecule has 0 amide bonds. The average Bonchev–Trinajstić information content (AvgIpc) is 3.24. The van der Waals surface area contributed by atoms with Crippen molar-refractivity contribution in [3.63, 3.8) is 0 Å². The van der Waals surface area contributed by atoms with Crippen LogP contribution in [0.5, 0.6) is 0 Å². The van der Waals surface area contributed by atoms with Gasteiger partial charge < -0.3 is 9.42 Å². The van der Waals surface area contributed by atoms with Crippen LogP contribution in [0.4, 0.5) is 0 Å². The summed E-state index contributed by atoms with van der Waals surface area (Å²) in [7, 11) is 0. The van der Waals surface area contributed by atoms with E-state index in [0.29, 0.717) is 5.92 Å². The molecule has 0 aromatic carbocycles. The van der Waals surface area contributed by atoms with Gasteiger partial charge in [0.15, 0.2) is 5.76 Å². The summed E-state index contributed by atoms with van der Waals surface area (Å²) in [6, 6.07) is 1.99. The fourth-order valence-corrected chi connectivity index (χ4v) is 4.98. The zero-order valence-corrected chi connectivity index (χ0v) is 15.2. The maximum Gasteiger partial charge on any atom is 0.180 e. The molecule has 2 fully saturated rings. The van der Waals surface area contributed by atoms with Gasteiger partial charge in [-0.2, -0.15) is 0 Å². The van der Waals surface area contributed by atoms with E-state index in [0.717, 1.165) is 34.5 Å². The first-order chi connectivity index (χ1) is 11.8. The summed E-state index contributed by atoms with van der Waals surface area (Å²) < 4.78 is 9.66. The molecule has 2 aliphatic rings. The number of hydrogen-bond acceptors (Lipinski definition) is 6. The lowest BCUT2D eigenvalue weighted by atomic mass is 9.87. The van der Waals surface area contributed by atoms with Crippen molar-refractivity contribution in [2.24, 2.45) is 5.92 Å². The Bertz CT molecular complexity index is 662. The quantitative estimate of drug-likeness (QED) is 0.828. The van der Waals surface area contributed by atoms with E-state index in [1.807, 2.05) is 13.0 Å². The Morgan fingerprint density at radius 3 is 2.88 bits per heavy atom. The first-order valence-electron chi connectivity index (χ1n) is 9.28. The normalized spacial score (nSPS) is 23.6. The van der Waals surface area contributed by atoms with Gasteiger partial charge >= 0.3 is 0 Å². The number of piperidine rings is 1. The largest absolute Gasteiger partial charge is 0.355 e. The second-order valence-electron chi connectivity index (χ2n) is 7.42. The van der Waals surface area contributed by atoms with Crippen molar-refractivity contribution >= 4 is 11.5 Å². The van der Waals surface area contributed by atoms with Crippen LogP contribution in [0.25, 0.3) is 10.6 Å². The Balaban J connectivity index is 1.45. The Morgan fingerprint density at radius 1 is 1.21 bits per heavy atom. The smallest absolute Gasteiger partial charge is 0.180 e. The highest BCUT2D eigenvalue weighted by Crippen LogP contribution is 2.36. The Hall–Kier alpha value is -1.27. The van der Waals surface area contributed by atoms with Crippen LogP contribution in [-0.2, 0) is 0 Å². The molecule has 5 nitrogen and oxygen atoms in total. The molecule has 0 spiro atoms. The topological polar surface area (TPSA) is 55.1 Å². The average molecular weight is 347 g/mol. The molecule has 130 valence electrons. The number of rotatable bonds is 4. The third-order valence-corrected chi connectivity index (χ3v) is 6.25. The van der Waals surface area contributed by atoms with Crippen molar-refractivity contribution in [1.82, 2.24) is 19.6 Å². The molecule has 1 aliphatic heterocycles. The summed E-state index contributed by atoms with van der Waals surface area (Å²) in [5, 5.41) is 8.48. The summed E-state index contributed by atoms with van der Waals surface area (Å²) >= 11 is 1.43. The molecule has 0 bridgehead atoms. The van der Waals surface area contributed by atoms with Crippen LogP contribution in [0.2, 0.25) is 0 Å². The predicted molar refractivity (Wildman–Crippen MR) is 95.1 cm³/mol. The molecule has 1 aliphatic carbocycles. The number of aryl methyl sites for hydroxylation is 1. The Kier molecular flexibility index (Phi) is 4.94. The monoisotopic (exact) mass is 346 g/mol. The molecule has 4 rings (SSSR count). The molecule has 0 radical (unpaired) electrons. The molecule has 1 atom stereocenters. The lowest BCUT2D eigenvalue weighted by Crippen LogP contribution is -2.38. The lowest BCUT2D eigenvalue weighted by molar-refractivity contribution is 0.159. The highest BCUT2D eigenvalue weighted by atomic mass is 32.1. The molecule has 2 aromatic rings. The Labute approximate surface area is 147 Å². The van der Waals surface area contributed by atoms with E-state index in [1.165, 1.54) is 69.6 Å². The molecule has 0 N–H and O–H groups in total. The zero-order valence-electron chi connectivity index (χ0n) is 14.4. The molecule has 6 heteroatoms. The van der Waals surface area contributed by atoms with Gasteiger partial charge in [0.25, 0.3) is 0 Å². The summed E-state index contributed by atoms with van der Waals surface area (Å²) in [5.74, 6) is 2.20. The fraction of sp³-hybridized carbons (Fsp3) is 0.722. The van der Waals surface area contributed by atoms with Crippen molar-refractivity contribution < 1.29 is 4.52 Å². The molecule has 1 saturated heterocycles. The van der Waals surface area contributed by atoms with Crippen LogP contribution in [-0.4, -0.2) is 39.3 Å². The van der Waals surface area contributed by atoms with E-state index in [1.54, 1.807) is 0 Å². The summed E-state index contributed by atoms with van der Waals surface area (Å²) in [6.45, 7) is 5.57. The van der Waals surface area contributed by atoms with Crippen LogP contribution >= 0.6 is 11.5 Å². The second-order valence-corrected chi connectivity index (χ2v) is 8.18. The minimum Gasteiger partial charge on any atom is -0.355 e. The van der Waals surface area contributed by atoms with Gasteiger partial charge in [0.1, 0.15) is 4.88 Å². The van der Waals surface area contributed by atoms with E-state index >= 15 is 0 Å². The van der Waals surface area contributed by atoms with Crippen LogP contribution in [0, 0.1) is 12.8 Å². The van der Waals surface area contributed by atoms with Crippen molar-refractivity contribution in [2.45, 2.75) is 57.8 Å². The van der Waals surface area contributed by atoms with Gasteiger partial charge in [0.05, 0.1) is 11.4 Å². The maximum absolute atomic E-state index is 5.46. The van der Waals surface area contributed by atoms with E-state index in [-0.39, 0.29) is 0 Å². The Morgan fingerprint density at radius 2 is 2.08 bits per heavy atom. The van der Waals surface area contributed by atoms with E-state index in [9.17, 15) is 0 Å². The van der Waals surface area contributed by atoms with Gasteiger partial charge in [-0.15, -0.1) is 5.10 Å². The second kappa shape index (κ2) is 7.31. The van der Waals surface area contributed by atoms with E-state index in [4.69, 9.17) is 4.52 Å². The van der Waals surface area contributed by atoms with Crippen molar-refractivity contribution in [1.29, 1.82) is 0 Å². The van der Waals surface area contributed by atoms with Gasteiger partial charge in [-0.1, -0.05) is 28.9 Å². The molecular formula is C18H26N4OS. The lowest BCUT2D eigenvalue weighted by Gasteiger charge is -2.35. The van der Waals surface area contributed by atoms with Gasteiger partial charge in [-0.3, -0.25) is 0 Å². The van der Waals surface area contributed by atoms with Gasteiger partial charge in [-0.05, 0) is 56.6 Å².